The number of ether oxygens (including phenoxy) is 1. The Morgan fingerprint density at radius 1 is 1.27 bits per heavy atom. The maximum absolute atomic E-state index is 12.5. The minimum Gasteiger partial charge on any atom is -0.444 e. The number of amides is 1. The van der Waals surface area contributed by atoms with Gasteiger partial charge in [-0.25, -0.2) is 4.79 Å². The van der Waals surface area contributed by atoms with Crippen molar-refractivity contribution in [2.45, 2.75) is 89.9 Å². The van der Waals surface area contributed by atoms with Crippen LogP contribution in [0.15, 0.2) is 0 Å². The molecule has 1 N–H and O–H groups in total. The summed E-state index contributed by atoms with van der Waals surface area (Å²) in [6, 6.07) is 1.43. The number of nitrogens with one attached hydrogen (secondary N) is 1. The summed E-state index contributed by atoms with van der Waals surface area (Å²) >= 11 is 0. The minimum atomic E-state index is -0.397. The molecule has 0 spiro atoms. The molecule has 2 saturated heterocycles. The fourth-order valence-electron chi connectivity index (χ4n) is 4.38. The molecule has 0 radical (unpaired) electrons. The van der Waals surface area contributed by atoms with Crippen molar-refractivity contribution in [2.75, 3.05) is 6.54 Å². The van der Waals surface area contributed by atoms with Crippen molar-refractivity contribution in [1.29, 1.82) is 0 Å². The zero-order valence-corrected chi connectivity index (χ0v) is 14.6. The van der Waals surface area contributed by atoms with Crippen molar-refractivity contribution in [3.63, 3.8) is 0 Å². The third-order valence-electron chi connectivity index (χ3n) is 5.83. The Kier molecular flexibility index (Phi) is 4.41. The van der Waals surface area contributed by atoms with Gasteiger partial charge < -0.3 is 15.0 Å². The van der Waals surface area contributed by atoms with Crippen LogP contribution in [-0.2, 0) is 4.74 Å². The third-order valence-corrected chi connectivity index (χ3v) is 5.83. The van der Waals surface area contributed by atoms with E-state index in [2.05, 4.69) is 12.2 Å². The van der Waals surface area contributed by atoms with Crippen LogP contribution < -0.4 is 5.32 Å². The van der Waals surface area contributed by atoms with E-state index in [9.17, 15) is 4.79 Å². The first-order valence-electron chi connectivity index (χ1n) is 9.10. The fourth-order valence-corrected chi connectivity index (χ4v) is 4.38. The van der Waals surface area contributed by atoms with Gasteiger partial charge in [-0.3, -0.25) is 0 Å². The summed E-state index contributed by atoms with van der Waals surface area (Å²) in [4.78, 5) is 14.5. The van der Waals surface area contributed by atoms with E-state index in [4.69, 9.17) is 4.74 Å². The monoisotopic (exact) mass is 308 g/mol. The Morgan fingerprint density at radius 3 is 2.59 bits per heavy atom. The van der Waals surface area contributed by atoms with E-state index in [1.165, 1.54) is 19.3 Å². The normalized spacial score (nSPS) is 32.9. The van der Waals surface area contributed by atoms with Gasteiger partial charge in [-0.05, 0) is 71.6 Å². The zero-order valence-electron chi connectivity index (χ0n) is 14.6. The molecule has 4 atom stereocenters. The SMILES string of the molecule is CC(NCC1CC2CCC1N2C(=O)OC(C)(C)C)C1CCC1. The van der Waals surface area contributed by atoms with E-state index in [0.717, 1.165) is 31.7 Å². The van der Waals surface area contributed by atoms with Gasteiger partial charge in [-0.1, -0.05) is 6.42 Å². The smallest absolute Gasteiger partial charge is 0.410 e. The summed E-state index contributed by atoms with van der Waals surface area (Å²) in [5.41, 5.74) is -0.397. The summed E-state index contributed by atoms with van der Waals surface area (Å²) in [5.74, 6) is 1.48. The molecule has 2 aliphatic heterocycles. The van der Waals surface area contributed by atoms with Crippen LogP contribution in [0.4, 0.5) is 4.79 Å². The Hall–Kier alpha value is -0.770. The molecule has 22 heavy (non-hydrogen) atoms. The first kappa shape index (κ1) is 16.1. The van der Waals surface area contributed by atoms with Gasteiger partial charge in [0.1, 0.15) is 5.60 Å². The highest BCUT2D eigenvalue weighted by Crippen LogP contribution is 2.42. The van der Waals surface area contributed by atoms with Gasteiger partial charge in [0.05, 0.1) is 0 Å². The third kappa shape index (κ3) is 3.27. The van der Waals surface area contributed by atoms with Crippen LogP contribution in [0.5, 0.6) is 0 Å². The number of nitrogens with zero attached hydrogens (tertiary/aromatic N) is 1. The molecule has 0 aromatic heterocycles. The summed E-state index contributed by atoms with van der Waals surface area (Å²) in [5, 5.41) is 3.74. The maximum Gasteiger partial charge on any atom is 0.410 e. The number of carbonyl (C=O) groups is 1. The zero-order chi connectivity index (χ0) is 15.9. The van der Waals surface area contributed by atoms with Crippen LogP contribution in [0, 0.1) is 11.8 Å². The van der Waals surface area contributed by atoms with Gasteiger partial charge in [-0.15, -0.1) is 0 Å². The first-order valence-corrected chi connectivity index (χ1v) is 9.10. The molecule has 3 fully saturated rings. The van der Waals surface area contributed by atoms with Crippen molar-refractivity contribution in [3.8, 4) is 0 Å². The lowest BCUT2D eigenvalue weighted by Crippen LogP contribution is -2.44. The molecular formula is C18H32N2O2. The molecule has 126 valence electrons. The average molecular weight is 308 g/mol. The van der Waals surface area contributed by atoms with Crippen LogP contribution in [0.25, 0.3) is 0 Å². The second kappa shape index (κ2) is 6.03. The second-order valence-electron chi connectivity index (χ2n) is 8.57. The van der Waals surface area contributed by atoms with Crippen molar-refractivity contribution >= 4 is 6.09 Å². The van der Waals surface area contributed by atoms with Crippen molar-refractivity contribution in [1.82, 2.24) is 10.2 Å². The second-order valence-corrected chi connectivity index (χ2v) is 8.57. The Bertz CT molecular complexity index is 414. The average Bonchev–Trinajstić information content (AvgIpc) is 2.89. The molecule has 3 aliphatic rings. The van der Waals surface area contributed by atoms with Crippen molar-refractivity contribution in [3.05, 3.63) is 0 Å². The standard InChI is InChI=1S/C18H32N2O2/c1-12(13-6-5-7-13)19-11-14-10-15-8-9-16(14)20(15)17(21)22-18(2,3)4/h12-16,19H,5-11H2,1-4H3. The van der Waals surface area contributed by atoms with Gasteiger partial charge in [0.15, 0.2) is 0 Å². The highest BCUT2D eigenvalue weighted by molar-refractivity contribution is 5.70. The van der Waals surface area contributed by atoms with E-state index < -0.39 is 5.60 Å². The van der Waals surface area contributed by atoms with Crippen LogP contribution in [0.3, 0.4) is 0 Å². The molecule has 3 rings (SSSR count). The summed E-state index contributed by atoms with van der Waals surface area (Å²) < 4.78 is 5.61. The number of rotatable bonds is 4. The number of hydrogen-bond acceptors (Lipinski definition) is 3. The predicted octanol–water partition coefficient (Wildman–Crippen LogP) is 3.55. The van der Waals surface area contributed by atoms with Gasteiger partial charge in [0, 0.05) is 24.7 Å². The molecular weight excluding hydrogens is 276 g/mol. The summed E-state index contributed by atoms with van der Waals surface area (Å²) in [6.07, 6.45) is 7.51. The van der Waals surface area contributed by atoms with E-state index >= 15 is 0 Å². The molecule has 2 bridgehead atoms. The number of hydrogen-bond donors (Lipinski definition) is 1. The van der Waals surface area contributed by atoms with E-state index in [0.29, 0.717) is 24.0 Å². The molecule has 1 aliphatic carbocycles. The van der Waals surface area contributed by atoms with Gasteiger partial charge in [-0.2, -0.15) is 0 Å². The Morgan fingerprint density at radius 2 is 2.00 bits per heavy atom. The first-order chi connectivity index (χ1) is 10.3. The maximum atomic E-state index is 12.5. The van der Waals surface area contributed by atoms with Crippen LogP contribution >= 0.6 is 0 Å². The minimum absolute atomic E-state index is 0.102. The molecule has 2 heterocycles. The van der Waals surface area contributed by atoms with Crippen LogP contribution in [-0.4, -0.2) is 41.3 Å². The Balaban J connectivity index is 1.52. The van der Waals surface area contributed by atoms with E-state index in [1.54, 1.807) is 0 Å². The van der Waals surface area contributed by atoms with Crippen molar-refractivity contribution < 1.29 is 9.53 Å². The van der Waals surface area contributed by atoms with Crippen LogP contribution in [0.2, 0.25) is 0 Å². The van der Waals surface area contributed by atoms with Gasteiger partial charge in [0.2, 0.25) is 0 Å². The largest absolute Gasteiger partial charge is 0.444 e. The molecule has 0 aromatic rings. The predicted molar refractivity (Wildman–Crippen MR) is 87.8 cm³/mol. The lowest BCUT2D eigenvalue weighted by atomic mass is 9.80. The lowest BCUT2D eigenvalue weighted by Gasteiger charge is -2.33. The number of carbonyl (C=O) groups excluding carboxylic acids is 1. The summed E-state index contributed by atoms with van der Waals surface area (Å²) in [7, 11) is 0. The lowest BCUT2D eigenvalue weighted by molar-refractivity contribution is 0.0204. The van der Waals surface area contributed by atoms with E-state index in [-0.39, 0.29) is 6.09 Å². The molecule has 4 unspecified atom stereocenters. The highest BCUT2D eigenvalue weighted by atomic mass is 16.6. The molecule has 1 saturated carbocycles. The Labute approximate surface area is 135 Å². The van der Waals surface area contributed by atoms with Crippen molar-refractivity contribution in [2.24, 2.45) is 11.8 Å². The molecule has 4 heteroatoms. The highest BCUT2D eigenvalue weighted by Gasteiger charge is 2.49. The fraction of sp³-hybridized carbons (Fsp3) is 0.944. The summed E-state index contributed by atoms with van der Waals surface area (Å²) in [6.45, 7) is 9.22. The molecule has 4 nitrogen and oxygen atoms in total. The molecule has 1 amide bonds. The van der Waals surface area contributed by atoms with Crippen LogP contribution in [0.1, 0.15) is 66.2 Å². The van der Waals surface area contributed by atoms with E-state index in [1.807, 2.05) is 25.7 Å². The quantitative estimate of drug-likeness (QED) is 0.863. The van der Waals surface area contributed by atoms with Gasteiger partial charge >= 0.3 is 6.09 Å². The molecule has 0 aromatic carbocycles. The van der Waals surface area contributed by atoms with Gasteiger partial charge in [0.25, 0.3) is 0 Å². The number of fused-ring (bicyclic) bond motifs is 2. The topological polar surface area (TPSA) is 41.6 Å².